The molecule has 0 saturated carbocycles. The molecule has 1 aromatic rings. The first-order valence-electron chi connectivity index (χ1n) is 11.7. The van der Waals surface area contributed by atoms with Crippen molar-refractivity contribution in [2.45, 2.75) is 102 Å². The second-order valence-corrected chi connectivity index (χ2v) is 9.42. The fourth-order valence-electron chi connectivity index (χ4n) is 3.31. The minimum Gasteiger partial charge on any atom is -0.463 e. The number of unbranched alkanes of at least 4 members (excludes halogenated alkanes) is 12. The zero-order valence-electron chi connectivity index (χ0n) is 18.6. The third kappa shape index (κ3) is 13.8. The molecular weight excluding hydrogens is 400 g/mol. The molecule has 6 heteroatoms. The maximum Gasteiger partial charge on any atom is 0.305 e. The van der Waals surface area contributed by atoms with E-state index in [1.807, 2.05) is 0 Å². The Bertz CT molecular complexity index is 643. The van der Waals surface area contributed by atoms with Crippen LogP contribution in [0.3, 0.4) is 0 Å². The van der Waals surface area contributed by atoms with Gasteiger partial charge < -0.3 is 4.74 Å². The Morgan fingerprint density at radius 1 is 0.733 bits per heavy atom. The van der Waals surface area contributed by atoms with Gasteiger partial charge in [-0.3, -0.25) is 8.98 Å². The summed E-state index contributed by atoms with van der Waals surface area (Å²) in [6.07, 6.45) is 16.8. The van der Waals surface area contributed by atoms with Gasteiger partial charge in [0, 0.05) is 6.42 Å². The third-order valence-corrected chi connectivity index (χ3v) is 6.43. The van der Waals surface area contributed by atoms with E-state index in [1.54, 1.807) is 18.2 Å². The van der Waals surface area contributed by atoms with Crippen molar-refractivity contribution < 1.29 is 22.1 Å². The Kier molecular flexibility index (Phi) is 15.4. The molecule has 0 N–H and O–H groups in total. The molecule has 1 aromatic carbocycles. The molecule has 0 unspecified atom stereocenters. The molecule has 0 aliphatic rings. The lowest BCUT2D eigenvalue weighted by Crippen LogP contribution is -2.14. The van der Waals surface area contributed by atoms with Gasteiger partial charge in [-0.05, 0) is 18.6 Å². The molecule has 0 amide bonds. The van der Waals surface area contributed by atoms with Gasteiger partial charge in [0.2, 0.25) is 0 Å². The van der Waals surface area contributed by atoms with Crippen LogP contribution < -0.4 is 0 Å². The number of esters is 1. The number of ether oxygens (including phenoxy) is 1. The van der Waals surface area contributed by atoms with Gasteiger partial charge in [0.05, 0.1) is 4.90 Å². The summed E-state index contributed by atoms with van der Waals surface area (Å²) >= 11 is 0. The molecule has 1 rings (SSSR count). The van der Waals surface area contributed by atoms with E-state index in [0.717, 1.165) is 19.3 Å². The van der Waals surface area contributed by atoms with E-state index in [1.165, 1.54) is 76.3 Å². The molecule has 172 valence electrons. The average Bonchev–Trinajstić information content (AvgIpc) is 2.75. The number of hydrogen-bond donors (Lipinski definition) is 0. The summed E-state index contributed by atoms with van der Waals surface area (Å²) in [5.74, 6) is -0.293. The summed E-state index contributed by atoms with van der Waals surface area (Å²) in [6.45, 7) is 2.03. The second-order valence-electron chi connectivity index (χ2n) is 7.80. The molecule has 0 spiro atoms. The summed E-state index contributed by atoms with van der Waals surface area (Å²) in [7, 11) is -3.79. The maximum atomic E-state index is 11.9. The van der Waals surface area contributed by atoms with Gasteiger partial charge in [0.15, 0.2) is 0 Å². The van der Waals surface area contributed by atoms with Gasteiger partial charge in [-0.15, -0.1) is 0 Å². The van der Waals surface area contributed by atoms with Crippen molar-refractivity contribution >= 4 is 16.1 Å². The van der Waals surface area contributed by atoms with E-state index < -0.39 is 10.1 Å². The van der Waals surface area contributed by atoms with Crippen LogP contribution >= 0.6 is 0 Å². The summed E-state index contributed by atoms with van der Waals surface area (Å²) in [5, 5.41) is 0. The SMILES string of the molecule is CCCCCCCCCCCCCCCC(=O)OCCOS(=O)(=O)c1ccccc1. The zero-order valence-corrected chi connectivity index (χ0v) is 19.5. The first-order valence-corrected chi connectivity index (χ1v) is 13.1. The molecule has 0 bridgehead atoms. The quantitative estimate of drug-likeness (QED) is 0.141. The first-order chi connectivity index (χ1) is 14.6. The summed E-state index contributed by atoms with van der Waals surface area (Å²) in [5.41, 5.74) is 0. The lowest BCUT2D eigenvalue weighted by Gasteiger charge is -2.07. The number of carbonyl (C=O) groups is 1. The molecule has 0 aliphatic heterocycles. The second kappa shape index (κ2) is 17.3. The minimum atomic E-state index is -3.79. The van der Waals surface area contributed by atoms with Crippen molar-refractivity contribution in [1.82, 2.24) is 0 Å². The Hall–Kier alpha value is -1.40. The van der Waals surface area contributed by atoms with Crippen LogP contribution in [0.4, 0.5) is 0 Å². The van der Waals surface area contributed by atoms with Crippen LogP contribution in [-0.2, 0) is 23.8 Å². The normalized spacial score (nSPS) is 11.5. The van der Waals surface area contributed by atoms with E-state index >= 15 is 0 Å². The maximum absolute atomic E-state index is 11.9. The summed E-state index contributed by atoms with van der Waals surface area (Å²) < 4.78 is 33.8. The standard InChI is InChI=1S/C24H40O5S/c1-2-3-4-5-6-7-8-9-10-11-12-13-17-20-24(25)28-21-22-29-30(26,27)23-18-15-14-16-19-23/h14-16,18-19H,2-13,17,20-22H2,1H3. The summed E-state index contributed by atoms with van der Waals surface area (Å²) in [4.78, 5) is 11.8. The molecule has 30 heavy (non-hydrogen) atoms. The van der Waals surface area contributed by atoms with Crippen LogP contribution in [0.1, 0.15) is 96.8 Å². The molecule has 0 heterocycles. The van der Waals surface area contributed by atoms with Crippen LogP contribution in [-0.4, -0.2) is 27.6 Å². The third-order valence-electron chi connectivity index (χ3n) is 5.10. The summed E-state index contributed by atoms with van der Waals surface area (Å²) in [6, 6.07) is 7.93. The van der Waals surface area contributed by atoms with Gasteiger partial charge >= 0.3 is 5.97 Å². The van der Waals surface area contributed by atoms with Crippen LogP contribution in [0.25, 0.3) is 0 Å². The Balaban J connectivity index is 1.90. The molecule has 0 radical (unpaired) electrons. The fraction of sp³-hybridized carbons (Fsp3) is 0.708. The van der Waals surface area contributed by atoms with E-state index in [4.69, 9.17) is 8.92 Å². The Morgan fingerprint density at radius 2 is 1.23 bits per heavy atom. The molecule has 0 fully saturated rings. The highest BCUT2D eigenvalue weighted by molar-refractivity contribution is 7.86. The zero-order chi connectivity index (χ0) is 21.9. The lowest BCUT2D eigenvalue weighted by atomic mass is 10.0. The van der Waals surface area contributed by atoms with Gasteiger partial charge in [0.25, 0.3) is 10.1 Å². The molecule has 0 aromatic heterocycles. The highest BCUT2D eigenvalue weighted by Crippen LogP contribution is 2.13. The van der Waals surface area contributed by atoms with Crippen LogP contribution in [0.2, 0.25) is 0 Å². The number of carbonyl (C=O) groups excluding carboxylic acids is 1. The van der Waals surface area contributed by atoms with Gasteiger partial charge in [-0.25, -0.2) is 0 Å². The van der Waals surface area contributed by atoms with E-state index in [-0.39, 0.29) is 24.1 Å². The van der Waals surface area contributed by atoms with Gasteiger partial charge in [-0.2, -0.15) is 8.42 Å². The Morgan fingerprint density at radius 3 is 1.77 bits per heavy atom. The van der Waals surface area contributed by atoms with Crippen molar-refractivity contribution in [3.8, 4) is 0 Å². The molecule has 0 aliphatic carbocycles. The predicted octanol–water partition coefficient (Wildman–Crippen LogP) is 6.42. The Labute approximate surface area is 183 Å². The largest absolute Gasteiger partial charge is 0.463 e. The molecule has 0 saturated heterocycles. The number of benzene rings is 1. The molecule has 0 atom stereocenters. The van der Waals surface area contributed by atoms with Crippen LogP contribution in [0.15, 0.2) is 35.2 Å². The van der Waals surface area contributed by atoms with Crippen molar-refractivity contribution in [2.24, 2.45) is 0 Å². The highest BCUT2D eigenvalue weighted by Gasteiger charge is 2.14. The topological polar surface area (TPSA) is 69.7 Å². The van der Waals surface area contributed by atoms with E-state index in [2.05, 4.69) is 6.92 Å². The number of rotatable bonds is 19. The molecular formula is C24H40O5S. The van der Waals surface area contributed by atoms with E-state index in [9.17, 15) is 13.2 Å². The van der Waals surface area contributed by atoms with Crippen LogP contribution in [0, 0.1) is 0 Å². The lowest BCUT2D eigenvalue weighted by molar-refractivity contribution is -0.144. The first kappa shape index (κ1) is 26.6. The number of hydrogen-bond acceptors (Lipinski definition) is 5. The molecule has 5 nitrogen and oxygen atoms in total. The van der Waals surface area contributed by atoms with Gasteiger partial charge in [-0.1, -0.05) is 102 Å². The van der Waals surface area contributed by atoms with E-state index in [0.29, 0.717) is 6.42 Å². The van der Waals surface area contributed by atoms with Gasteiger partial charge in [0.1, 0.15) is 13.2 Å². The highest BCUT2D eigenvalue weighted by atomic mass is 32.2. The average molecular weight is 441 g/mol. The van der Waals surface area contributed by atoms with Crippen molar-refractivity contribution in [3.05, 3.63) is 30.3 Å². The smallest absolute Gasteiger partial charge is 0.305 e. The predicted molar refractivity (Wildman–Crippen MR) is 121 cm³/mol. The fourth-order valence-corrected chi connectivity index (χ4v) is 4.23. The van der Waals surface area contributed by atoms with Crippen molar-refractivity contribution in [1.29, 1.82) is 0 Å². The van der Waals surface area contributed by atoms with Crippen molar-refractivity contribution in [3.63, 3.8) is 0 Å². The monoisotopic (exact) mass is 440 g/mol. The minimum absolute atomic E-state index is 0.0522. The van der Waals surface area contributed by atoms with Crippen LogP contribution in [0.5, 0.6) is 0 Å². The van der Waals surface area contributed by atoms with Crippen molar-refractivity contribution in [2.75, 3.05) is 13.2 Å².